The molecular formula is C16H22N4O. The van der Waals surface area contributed by atoms with Crippen molar-refractivity contribution in [2.24, 2.45) is 11.7 Å². The molecule has 5 heteroatoms. The second-order valence-corrected chi connectivity index (χ2v) is 5.26. The van der Waals surface area contributed by atoms with E-state index in [-0.39, 0.29) is 11.8 Å². The third-order valence-corrected chi connectivity index (χ3v) is 3.73. The van der Waals surface area contributed by atoms with E-state index in [1.807, 2.05) is 55.1 Å². The van der Waals surface area contributed by atoms with Crippen LogP contribution in [-0.4, -0.2) is 21.7 Å². The molecule has 1 amide bonds. The number of nitrogens with zero attached hydrogens (tertiary/aromatic N) is 2. The molecular weight excluding hydrogens is 264 g/mol. The maximum atomic E-state index is 12.2. The first-order chi connectivity index (χ1) is 10.1. The smallest absolute Gasteiger partial charge is 0.241 e. The van der Waals surface area contributed by atoms with Crippen LogP contribution in [0.25, 0.3) is 0 Å². The minimum absolute atomic E-state index is 0.141. The number of amides is 1. The van der Waals surface area contributed by atoms with Crippen LogP contribution in [0.15, 0.2) is 42.7 Å². The van der Waals surface area contributed by atoms with E-state index in [0.717, 1.165) is 17.7 Å². The minimum Gasteiger partial charge on any atom is -0.324 e. The number of para-hydroxylation sites is 1. The van der Waals surface area contributed by atoms with Crippen LogP contribution in [0.4, 0.5) is 5.69 Å². The van der Waals surface area contributed by atoms with Gasteiger partial charge in [-0.1, -0.05) is 38.5 Å². The Balaban J connectivity index is 2.11. The standard InChI is InChI=1S/C16H22N4O/c1-3-12(2)15(17)16(21)19-14-8-5-4-7-13(14)11-20-10-6-9-18-20/h4-10,12,15H,3,11,17H2,1-2H3,(H,19,21)/t12?,15-/m0/s1. The molecule has 0 bridgehead atoms. The van der Waals surface area contributed by atoms with Crippen molar-refractivity contribution in [1.82, 2.24) is 9.78 Å². The van der Waals surface area contributed by atoms with Crippen molar-refractivity contribution < 1.29 is 4.79 Å². The van der Waals surface area contributed by atoms with Crippen LogP contribution in [-0.2, 0) is 11.3 Å². The summed E-state index contributed by atoms with van der Waals surface area (Å²) in [5, 5.41) is 7.12. The van der Waals surface area contributed by atoms with E-state index in [4.69, 9.17) is 5.73 Å². The molecule has 2 atom stereocenters. The van der Waals surface area contributed by atoms with Gasteiger partial charge in [-0.05, 0) is 23.6 Å². The number of benzene rings is 1. The van der Waals surface area contributed by atoms with E-state index in [2.05, 4.69) is 10.4 Å². The fourth-order valence-corrected chi connectivity index (χ4v) is 2.08. The molecule has 2 rings (SSSR count). The van der Waals surface area contributed by atoms with Gasteiger partial charge >= 0.3 is 0 Å². The average Bonchev–Trinajstić information content (AvgIpc) is 3.00. The van der Waals surface area contributed by atoms with Gasteiger partial charge in [0.15, 0.2) is 0 Å². The molecule has 1 aromatic heterocycles. The quantitative estimate of drug-likeness (QED) is 0.855. The molecule has 2 aromatic rings. The predicted molar refractivity (Wildman–Crippen MR) is 83.8 cm³/mol. The maximum Gasteiger partial charge on any atom is 0.241 e. The lowest BCUT2D eigenvalue weighted by Crippen LogP contribution is -2.40. The zero-order valence-electron chi connectivity index (χ0n) is 12.5. The first-order valence-corrected chi connectivity index (χ1v) is 7.23. The number of nitrogens with one attached hydrogen (secondary N) is 1. The molecule has 0 aliphatic rings. The van der Waals surface area contributed by atoms with Gasteiger partial charge in [-0.3, -0.25) is 9.48 Å². The van der Waals surface area contributed by atoms with Crippen molar-refractivity contribution in [3.8, 4) is 0 Å². The monoisotopic (exact) mass is 286 g/mol. The zero-order chi connectivity index (χ0) is 15.2. The van der Waals surface area contributed by atoms with E-state index in [0.29, 0.717) is 6.54 Å². The molecule has 0 spiro atoms. The van der Waals surface area contributed by atoms with Crippen LogP contribution in [0.3, 0.4) is 0 Å². The number of hydrogen-bond acceptors (Lipinski definition) is 3. The predicted octanol–water partition coefficient (Wildman–Crippen LogP) is 2.24. The molecule has 0 saturated heterocycles. The molecule has 0 aliphatic carbocycles. The van der Waals surface area contributed by atoms with Crippen molar-refractivity contribution in [3.63, 3.8) is 0 Å². The largest absolute Gasteiger partial charge is 0.324 e. The lowest BCUT2D eigenvalue weighted by molar-refractivity contribution is -0.118. The van der Waals surface area contributed by atoms with Crippen LogP contribution in [0.1, 0.15) is 25.8 Å². The van der Waals surface area contributed by atoms with Gasteiger partial charge in [-0.2, -0.15) is 5.10 Å². The van der Waals surface area contributed by atoms with Gasteiger partial charge in [0.25, 0.3) is 0 Å². The Morgan fingerprint density at radius 1 is 1.38 bits per heavy atom. The summed E-state index contributed by atoms with van der Waals surface area (Å²) in [6.45, 7) is 4.63. The van der Waals surface area contributed by atoms with Crippen LogP contribution < -0.4 is 11.1 Å². The fourth-order valence-electron chi connectivity index (χ4n) is 2.08. The molecule has 0 aliphatic heterocycles. The lowest BCUT2D eigenvalue weighted by Gasteiger charge is -2.19. The van der Waals surface area contributed by atoms with Crippen LogP contribution in [0, 0.1) is 5.92 Å². The van der Waals surface area contributed by atoms with Crippen LogP contribution in [0.5, 0.6) is 0 Å². The summed E-state index contributed by atoms with van der Waals surface area (Å²) < 4.78 is 1.82. The summed E-state index contributed by atoms with van der Waals surface area (Å²) in [5.74, 6) is 0.0144. The summed E-state index contributed by atoms with van der Waals surface area (Å²) >= 11 is 0. The highest BCUT2D eigenvalue weighted by Crippen LogP contribution is 2.17. The SMILES string of the molecule is CCC(C)[C@H](N)C(=O)Nc1ccccc1Cn1cccn1. The fraction of sp³-hybridized carbons (Fsp3) is 0.375. The van der Waals surface area contributed by atoms with Crippen molar-refractivity contribution in [3.05, 3.63) is 48.3 Å². The van der Waals surface area contributed by atoms with Crippen molar-refractivity contribution >= 4 is 11.6 Å². The lowest BCUT2D eigenvalue weighted by atomic mass is 9.99. The number of carbonyl (C=O) groups excluding carboxylic acids is 1. The first-order valence-electron chi connectivity index (χ1n) is 7.23. The molecule has 1 aromatic carbocycles. The highest BCUT2D eigenvalue weighted by Gasteiger charge is 2.20. The summed E-state index contributed by atoms with van der Waals surface area (Å²) in [7, 11) is 0. The molecule has 0 saturated carbocycles. The van der Waals surface area contributed by atoms with Crippen molar-refractivity contribution in [1.29, 1.82) is 0 Å². The van der Waals surface area contributed by atoms with E-state index >= 15 is 0 Å². The molecule has 3 N–H and O–H groups in total. The number of anilines is 1. The maximum absolute atomic E-state index is 12.2. The van der Waals surface area contributed by atoms with Gasteiger partial charge in [0.05, 0.1) is 12.6 Å². The van der Waals surface area contributed by atoms with E-state index in [1.54, 1.807) is 6.20 Å². The van der Waals surface area contributed by atoms with Gasteiger partial charge in [0, 0.05) is 18.1 Å². The summed E-state index contributed by atoms with van der Waals surface area (Å²) in [4.78, 5) is 12.2. The van der Waals surface area contributed by atoms with Crippen molar-refractivity contribution in [2.75, 3.05) is 5.32 Å². The Kier molecular flexibility index (Phi) is 5.11. The Labute approximate surface area is 125 Å². The number of rotatable bonds is 6. The van der Waals surface area contributed by atoms with Gasteiger partial charge in [0.2, 0.25) is 5.91 Å². The van der Waals surface area contributed by atoms with Gasteiger partial charge in [0.1, 0.15) is 0 Å². The highest BCUT2D eigenvalue weighted by molar-refractivity contribution is 5.95. The third-order valence-electron chi connectivity index (χ3n) is 3.73. The highest BCUT2D eigenvalue weighted by atomic mass is 16.2. The number of nitrogens with two attached hydrogens (primary N) is 1. The number of carbonyl (C=O) groups is 1. The number of hydrogen-bond donors (Lipinski definition) is 2. The Bertz CT molecular complexity index is 580. The van der Waals surface area contributed by atoms with Crippen LogP contribution >= 0.6 is 0 Å². The second-order valence-electron chi connectivity index (χ2n) is 5.26. The molecule has 1 unspecified atom stereocenters. The van der Waals surface area contributed by atoms with Gasteiger partial charge in [-0.25, -0.2) is 0 Å². The molecule has 0 fully saturated rings. The summed E-state index contributed by atoms with van der Waals surface area (Å²) in [6.07, 6.45) is 4.51. The topological polar surface area (TPSA) is 72.9 Å². The Hall–Kier alpha value is -2.14. The van der Waals surface area contributed by atoms with Gasteiger partial charge in [-0.15, -0.1) is 0 Å². The minimum atomic E-state index is -0.493. The first kappa shape index (κ1) is 15.3. The average molecular weight is 286 g/mol. The van der Waals surface area contributed by atoms with Gasteiger partial charge < -0.3 is 11.1 Å². The Morgan fingerprint density at radius 2 is 2.14 bits per heavy atom. The summed E-state index contributed by atoms with van der Waals surface area (Å²) in [6, 6.07) is 9.10. The van der Waals surface area contributed by atoms with E-state index in [1.165, 1.54) is 0 Å². The Morgan fingerprint density at radius 3 is 2.81 bits per heavy atom. The van der Waals surface area contributed by atoms with E-state index in [9.17, 15) is 4.79 Å². The summed E-state index contributed by atoms with van der Waals surface area (Å²) in [5.41, 5.74) is 7.77. The van der Waals surface area contributed by atoms with E-state index < -0.39 is 6.04 Å². The molecule has 0 radical (unpaired) electrons. The normalized spacial score (nSPS) is 13.7. The third kappa shape index (κ3) is 3.92. The van der Waals surface area contributed by atoms with Crippen molar-refractivity contribution in [2.45, 2.75) is 32.9 Å². The molecule has 112 valence electrons. The second kappa shape index (κ2) is 7.04. The molecule has 1 heterocycles. The number of aromatic nitrogens is 2. The molecule has 5 nitrogen and oxygen atoms in total. The molecule has 21 heavy (non-hydrogen) atoms. The zero-order valence-corrected chi connectivity index (χ0v) is 12.5. The van der Waals surface area contributed by atoms with Crippen LogP contribution in [0.2, 0.25) is 0 Å².